The van der Waals surface area contributed by atoms with Crippen molar-refractivity contribution in [1.29, 1.82) is 0 Å². The van der Waals surface area contributed by atoms with Crippen LogP contribution in [0, 0.1) is 6.42 Å². The van der Waals surface area contributed by atoms with Crippen LogP contribution in [0.4, 0.5) is 0 Å². The first-order valence-electron chi connectivity index (χ1n) is 9.85. The first-order chi connectivity index (χ1) is 13.1. The molecule has 0 amide bonds. The summed E-state index contributed by atoms with van der Waals surface area (Å²) in [6, 6.07) is 15.8. The van der Waals surface area contributed by atoms with Crippen LogP contribution in [0.2, 0.25) is 0 Å². The second-order valence-corrected chi connectivity index (χ2v) is 11.1. The van der Waals surface area contributed by atoms with Crippen molar-refractivity contribution < 1.29 is 20.8 Å². The number of benzene rings is 2. The zero-order chi connectivity index (χ0) is 19.6. The Labute approximate surface area is 184 Å². The molecule has 0 nitrogen and oxygen atoms in total. The monoisotopic (exact) mass is 477 g/mol. The first-order valence-corrected chi connectivity index (χ1v) is 16.2. The van der Waals surface area contributed by atoms with E-state index in [0.29, 0.717) is 5.92 Å². The maximum atomic E-state index is 4.93. The van der Waals surface area contributed by atoms with E-state index in [1.807, 2.05) is 0 Å². The molecule has 0 spiro atoms. The molecule has 0 aromatic heterocycles. The summed E-state index contributed by atoms with van der Waals surface area (Å²) >= 11 is -0.826. The van der Waals surface area contributed by atoms with Gasteiger partial charge in [0.1, 0.15) is 0 Å². The maximum absolute atomic E-state index is 4.93. The number of hydrogen-bond acceptors (Lipinski definition) is 0. The molecule has 1 radical (unpaired) electrons. The average molecular weight is 480 g/mol. The molecule has 0 fully saturated rings. The Bertz CT molecular complexity index is 733. The Kier molecular flexibility index (Phi) is 10.4. The second-order valence-electron chi connectivity index (χ2n) is 7.33. The van der Waals surface area contributed by atoms with E-state index in [2.05, 4.69) is 75.7 Å². The standard InChI is InChI=1S/C24H29.2ClH.Zr/c1-4-5-6-7-9-19-16-22-10-8-11-23(24(22)17-19)21-14-12-20(13-15-21)18(2)3;;;/h8,10-18H,4-7,9H2,1-3H3;2*1H;/q;;;+2/p-2. The molecule has 1 aliphatic rings. The molecule has 27 heavy (non-hydrogen) atoms. The Hall–Kier alpha value is -0.357. The van der Waals surface area contributed by atoms with Gasteiger partial charge in [-0.3, -0.25) is 0 Å². The summed E-state index contributed by atoms with van der Waals surface area (Å²) in [5.41, 5.74) is 8.37. The van der Waals surface area contributed by atoms with Crippen LogP contribution in [-0.4, -0.2) is 0 Å². The number of halogens is 2. The molecule has 1 aliphatic carbocycles. The fourth-order valence-electron chi connectivity index (χ4n) is 3.50. The minimum atomic E-state index is -0.826. The van der Waals surface area contributed by atoms with E-state index >= 15 is 0 Å². The first kappa shape index (κ1) is 22.9. The number of fused-ring (bicyclic) bond motifs is 1. The van der Waals surface area contributed by atoms with Crippen molar-refractivity contribution >= 4 is 23.1 Å². The van der Waals surface area contributed by atoms with Gasteiger partial charge < -0.3 is 0 Å². The number of hydrogen-bond donors (Lipinski definition) is 0. The Morgan fingerprint density at radius 2 is 1.63 bits per heavy atom. The summed E-state index contributed by atoms with van der Waals surface area (Å²) in [5, 5.41) is 0. The van der Waals surface area contributed by atoms with E-state index in [-0.39, 0.29) is 0 Å². The SMILES string of the molecule is CCCCCCC1=Cc2c(cccc2-c2ccc(C(C)C)cc2)[CH]1.[Cl][Zr][Cl]. The van der Waals surface area contributed by atoms with Crippen LogP contribution in [-0.2, 0) is 20.8 Å². The van der Waals surface area contributed by atoms with Gasteiger partial charge in [0, 0.05) is 6.42 Å². The van der Waals surface area contributed by atoms with Crippen LogP contribution in [0.1, 0.15) is 75.5 Å². The van der Waals surface area contributed by atoms with Gasteiger partial charge in [0.15, 0.2) is 0 Å². The Balaban J connectivity index is 0.000000817. The van der Waals surface area contributed by atoms with Gasteiger partial charge in [-0.2, -0.15) is 0 Å². The van der Waals surface area contributed by atoms with Crippen molar-refractivity contribution in [3.8, 4) is 11.1 Å². The van der Waals surface area contributed by atoms with Crippen LogP contribution in [0.3, 0.4) is 0 Å². The third kappa shape index (κ3) is 6.88. The van der Waals surface area contributed by atoms with Gasteiger partial charge in [0.2, 0.25) is 0 Å². The van der Waals surface area contributed by atoms with Gasteiger partial charge in [0.05, 0.1) is 0 Å². The molecule has 143 valence electrons. The van der Waals surface area contributed by atoms with E-state index < -0.39 is 20.8 Å². The summed E-state index contributed by atoms with van der Waals surface area (Å²) in [6.45, 7) is 6.77. The number of allylic oxidation sites excluding steroid dienone is 1. The van der Waals surface area contributed by atoms with E-state index in [0.717, 1.165) is 0 Å². The molecule has 0 unspecified atom stereocenters. The number of unbranched alkanes of at least 4 members (excludes halogenated alkanes) is 3. The van der Waals surface area contributed by atoms with E-state index in [9.17, 15) is 0 Å². The minimum absolute atomic E-state index is 0.587. The Morgan fingerprint density at radius 1 is 0.926 bits per heavy atom. The molecule has 0 heterocycles. The van der Waals surface area contributed by atoms with Crippen molar-refractivity contribution in [3.05, 3.63) is 71.1 Å². The van der Waals surface area contributed by atoms with Gasteiger partial charge in [0.25, 0.3) is 0 Å². The predicted octanol–water partition coefficient (Wildman–Crippen LogP) is 8.77. The summed E-state index contributed by atoms with van der Waals surface area (Å²) in [7, 11) is 9.87. The summed E-state index contributed by atoms with van der Waals surface area (Å²) in [5.74, 6) is 0.587. The molecule has 0 saturated heterocycles. The Morgan fingerprint density at radius 3 is 2.26 bits per heavy atom. The quantitative estimate of drug-likeness (QED) is 0.348. The summed E-state index contributed by atoms with van der Waals surface area (Å²) < 4.78 is 0. The molecule has 0 atom stereocenters. The molecule has 0 bridgehead atoms. The molecular formula is C24H29Cl2Zr. The normalized spacial score (nSPS) is 12.3. The van der Waals surface area contributed by atoms with Gasteiger partial charge in [-0.05, 0) is 46.6 Å². The molecule has 0 aliphatic heterocycles. The van der Waals surface area contributed by atoms with Crippen LogP contribution >= 0.6 is 17.0 Å². The topological polar surface area (TPSA) is 0 Å². The fourth-order valence-corrected chi connectivity index (χ4v) is 3.50. The van der Waals surface area contributed by atoms with Crippen LogP contribution in [0.15, 0.2) is 48.0 Å². The molecule has 2 aromatic rings. The fraction of sp³-hybridized carbons (Fsp3) is 0.375. The number of rotatable bonds is 7. The zero-order valence-corrected chi connectivity index (χ0v) is 20.5. The van der Waals surface area contributed by atoms with E-state index in [1.165, 1.54) is 65.5 Å². The van der Waals surface area contributed by atoms with Crippen molar-refractivity contribution in [2.75, 3.05) is 0 Å². The summed E-state index contributed by atoms with van der Waals surface area (Å²) in [4.78, 5) is 0. The molecule has 2 aromatic carbocycles. The van der Waals surface area contributed by atoms with E-state index in [1.54, 1.807) is 0 Å². The third-order valence-electron chi connectivity index (χ3n) is 5.02. The van der Waals surface area contributed by atoms with Gasteiger partial charge in [-0.15, -0.1) is 0 Å². The van der Waals surface area contributed by atoms with Crippen molar-refractivity contribution in [2.45, 2.75) is 58.8 Å². The molecular weight excluding hydrogens is 450 g/mol. The van der Waals surface area contributed by atoms with Crippen molar-refractivity contribution in [1.82, 2.24) is 0 Å². The van der Waals surface area contributed by atoms with Gasteiger partial charge in [-0.25, -0.2) is 0 Å². The second kappa shape index (κ2) is 12.3. The molecule has 3 heteroatoms. The van der Waals surface area contributed by atoms with Crippen molar-refractivity contribution in [2.24, 2.45) is 0 Å². The third-order valence-corrected chi connectivity index (χ3v) is 5.02. The van der Waals surface area contributed by atoms with E-state index in [4.69, 9.17) is 17.0 Å². The van der Waals surface area contributed by atoms with Crippen LogP contribution < -0.4 is 0 Å². The van der Waals surface area contributed by atoms with Crippen molar-refractivity contribution in [3.63, 3.8) is 0 Å². The van der Waals surface area contributed by atoms with Crippen LogP contribution in [0.25, 0.3) is 17.2 Å². The predicted molar refractivity (Wildman–Crippen MR) is 118 cm³/mol. The van der Waals surface area contributed by atoms with Crippen LogP contribution in [0.5, 0.6) is 0 Å². The van der Waals surface area contributed by atoms with Gasteiger partial charge >= 0.3 is 37.9 Å². The molecule has 0 N–H and O–H groups in total. The zero-order valence-electron chi connectivity index (χ0n) is 16.6. The molecule has 0 saturated carbocycles. The summed E-state index contributed by atoms with van der Waals surface area (Å²) in [6.07, 6.45) is 11.3. The molecule has 3 rings (SSSR count). The van der Waals surface area contributed by atoms with Gasteiger partial charge in [-0.1, -0.05) is 94.1 Å². The average Bonchev–Trinajstić information content (AvgIpc) is 3.09.